The number of hydrogen-bond donors (Lipinski definition) is 3. The molecule has 0 aromatic heterocycles. The number of carboxylic acids is 1. The van der Waals surface area contributed by atoms with Crippen LogP contribution in [0.4, 0.5) is 0 Å². The van der Waals surface area contributed by atoms with Gasteiger partial charge in [0.25, 0.3) is 0 Å². The van der Waals surface area contributed by atoms with Gasteiger partial charge >= 0.3 is 5.97 Å². The van der Waals surface area contributed by atoms with Gasteiger partial charge in [-0.25, -0.2) is 0 Å². The molecule has 0 aromatic rings. The van der Waals surface area contributed by atoms with E-state index in [4.69, 9.17) is 16.1 Å². The molecule has 0 bridgehead atoms. The van der Waals surface area contributed by atoms with Crippen molar-refractivity contribution in [3.8, 4) is 6.19 Å². The quantitative estimate of drug-likeness (QED) is 0.362. The molecule has 0 saturated heterocycles. The Morgan fingerprint density at radius 1 is 1.67 bits per heavy atom. The molecule has 0 fully saturated rings. The Morgan fingerprint density at radius 2 is 2.25 bits per heavy atom. The Bertz CT molecular complexity index is 221. The first kappa shape index (κ1) is 10.4. The predicted molar refractivity (Wildman–Crippen MR) is 38.6 cm³/mol. The van der Waals surface area contributed by atoms with Gasteiger partial charge in [0.2, 0.25) is 5.91 Å². The van der Waals surface area contributed by atoms with Crippen molar-refractivity contribution in [3.63, 3.8) is 0 Å². The highest BCUT2D eigenvalue weighted by atomic mass is 16.4. The van der Waals surface area contributed by atoms with Crippen LogP contribution in [0.1, 0.15) is 12.8 Å². The number of hydrogen-bond acceptors (Lipinski definition) is 4. The molecule has 6 nitrogen and oxygen atoms in total. The summed E-state index contributed by atoms with van der Waals surface area (Å²) in [4.78, 5) is 20.7. The van der Waals surface area contributed by atoms with Gasteiger partial charge in [0.1, 0.15) is 0 Å². The van der Waals surface area contributed by atoms with Gasteiger partial charge in [-0.05, 0) is 6.42 Å². The summed E-state index contributed by atoms with van der Waals surface area (Å²) in [7, 11) is 0. The Hall–Kier alpha value is -1.61. The molecule has 0 radical (unpaired) electrons. The summed E-state index contributed by atoms with van der Waals surface area (Å²) in [6.07, 6.45) is 1.26. The van der Waals surface area contributed by atoms with Gasteiger partial charge in [-0.3, -0.25) is 14.9 Å². The summed E-state index contributed by atoms with van der Waals surface area (Å²) in [6.45, 7) is 0. The minimum absolute atomic E-state index is 0.0306. The molecular formula is C6H9N3O3. The van der Waals surface area contributed by atoms with Crippen LogP contribution in [-0.4, -0.2) is 23.0 Å². The number of nitrogens with two attached hydrogens (primary N) is 1. The van der Waals surface area contributed by atoms with Crippen LogP contribution in [0, 0.1) is 11.5 Å². The summed E-state index contributed by atoms with van der Waals surface area (Å²) in [6, 6.07) is -0.930. The van der Waals surface area contributed by atoms with E-state index in [0.29, 0.717) is 0 Å². The van der Waals surface area contributed by atoms with Crippen LogP contribution < -0.4 is 11.1 Å². The number of aliphatic carboxylic acids is 1. The van der Waals surface area contributed by atoms with Crippen molar-refractivity contribution >= 4 is 11.9 Å². The molecule has 0 aliphatic rings. The predicted octanol–water partition coefficient (Wildman–Crippen LogP) is -1.22. The second-order valence-corrected chi connectivity index (χ2v) is 2.14. The number of nitrogens with one attached hydrogen (secondary N) is 1. The van der Waals surface area contributed by atoms with Crippen LogP contribution in [0.5, 0.6) is 0 Å². The summed E-state index contributed by atoms with van der Waals surface area (Å²) in [5, 5.41) is 18.0. The number of rotatable bonds is 4. The zero-order valence-electron chi connectivity index (χ0n) is 6.28. The van der Waals surface area contributed by atoms with Crippen LogP contribution in [0.2, 0.25) is 0 Å². The van der Waals surface area contributed by atoms with Gasteiger partial charge in [-0.1, -0.05) is 0 Å². The maximum Gasteiger partial charge on any atom is 0.303 e. The van der Waals surface area contributed by atoms with Gasteiger partial charge in [-0.2, -0.15) is 5.26 Å². The molecule has 1 unspecified atom stereocenters. The molecule has 0 aliphatic heterocycles. The largest absolute Gasteiger partial charge is 0.481 e. The average Bonchev–Trinajstić information content (AvgIpc) is 2.00. The maximum absolute atomic E-state index is 10.7. The number of amides is 1. The van der Waals surface area contributed by atoms with Crippen LogP contribution in [-0.2, 0) is 9.59 Å². The molecule has 0 heterocycles. The van der Waals surface area contributed by atoms with E-state index >= 15 is 0 Å². The number of carboxylic acid groups (broad SMARTS) is 1. The van der Waals surface area contributed by atoms with Crippen molar-refractivity contribution in [1.82, 2.24) is 5.32 Å². The average molecular weight is 171 g/mol. The van der Waals surface area contributed by atoms with E-state index in [0.717, 1.165) is 0 Å². The van der Waals surface area contributed by atoms with Crippen molar-refractivity contribution in [2.24, 2.45) is 5.73 Å². The van der Waals surface area contributed by atoms with Gasteiger partial charge < -0.3 is 10.8 Å². The van der Waals surface area contributed by atoms with E-state index in [2.05, 4.69) is 0 Å². The fourth-order valence-electron chi connectivity index (χ4n) is 0.558. The summed E-state index contributed by atoms with van der Waals surface area (Å²) in [5.74, 6) is -1.67. The Labute approximate surface area is 69.0 Å². The maximum atomic E-state index is 10.7. The molecule has 0 aromatic carbocycles. The van der Waals surface area contributed by atoms with Crippen molar-refractivity contribution in [2.45, 2.75) is 18.9 Å². The monoisotopic (exact) mass is 171 g/mol. The highest BCUT2D eigenvalue weighted by molar-refractivity contribution is 5.83. The first-order valence-electron chi connectivity index (χ1n) is 3.24. The van der Waals surface area contributed by atoms with Gasteiger partial charge in [0.05, 0.1) is 6.04 Å². The number of carbonyl (C=O) groups is 2. The van der Waals surface area contributed by atoms with Crippen LogP contribution in [0.25, 0.3) is 0 Å². The fourth-order valence-corrected chi connectivity index (χ4v) is 0.558. The lowest BCUT2D eigenvalue weighted by Crippen LogP contribution is -2.38. The molecule has 4 N–H and O–H groups in total. The fraction of sp³-hybridized carbons (Fsp3) is 0.500. The molecule has 0 aliphatic carbocycles. The summed E-state index contributed by atoms with van der Waals surface area (Å²) in [5.41, 5.74) is 5.23. The van der Waals surface area contributed by atoms with E-state index < -0.39 is 17.9 Å². The molecule has 12 heavy (non-hydrogen) atoms. The Balaban J connectivity index is 3.73. The van der Waals surface area contributed by atoms with E-state index in [1.807, 2.05) is 5.32 Å². The lowest BCUT2D eigenvalue weighted by atomic mass is 10.1. The number of nitriles is 1. The van der Waals surface area contributed by atoms with Gasteiger partial charge in [0, 0.05) is 6.42 Å². The number of carbonyl (C=O) groups excluding carboxylic acids is 1. The summed E-state index contributed by atoms with van der Waals surface area (Å²) < 4.78 is 0. The van der Waals surface area contributed by atoms with Crippen molar-refractivity contribution in [3.05, 3.63) is 0 Å². The third-order valence-corrected chi connectivity index (χ3v) is 1.19. The SMILES string of the molecule is N#CNC(=O)C(N)CCC(=O)O. The lowest BCUT2D eigenvalue weighted by molar-refractivity contribution is -0.137. The van der Waals surface area contributed by atoms with Crippen LogP contribution in [0.15, 0.2) is 0 Å². The second-order valence-electron chi connectivity index (χ2n) is 2.14. The first-order valence-corrected chi connectivity index (χ1v) is 3.24. The smallest absolute Gasteiger partial charge is 0.303 e. The molecule has 0 rings (SSSR count). The standard InChI is InChI=1S/C6H9N3O3/c7-3-9-6(12)4(8)1-2-5(10)11/h4H,1-2,8H2,(H,9,12)(H,10,11). The van der Waals surface area contributed by atoms with Crippen molar-refractivity contribution in [2.75, 3.05) is 0 Å². The van der Waals surface area contributed by atoms with E-state index in [9.17, 15) is 9.59 Å². The van der Waals surface area contributed by atoms with Crippen LogP contribution in [0.3, 0.4) is 0 Å². The second kappa shape index (κ2) is 5.09. The highest BCUT2D eigenvalue weighted by Gasteiger charge is 2.13. The van der Waals surface area contributed by atoms with Crippen molar-refractivity contribution in [1.29, 1.82) is 5.26 Å². The highest BCUT2D eigenvalue weighted by Crippen LogP contribution is 1.93. The zero-order valence-corrected chi connectivity index (χ0v) is 6.28. The molecule has 6 heteroatoms. The molecule has 0 saturated carbocycles. The third-order valence-electron chi connectivity index (χ3n) is 1.19. The third kappa shape index (κ3) is 4.24. The molecule has 0 spiro atoms. The lowest BCUT2D eigenvalue weighted by Gasteiger charge is -2.05. The molecular weight excluding hydrogens is 162 g/mol. The van der Waals surface area contributed by atoms with Gasteiger partial charge in [-0.15, -0.1) is 0 Å². The Kier molecular flexibility index (Phi) is 4.41. The molecule has 66 valence electrons. The van der Waals surface area contributed by atoms with E-state index in [-0.39, 0.29) is 12.8 Å². The van der Waals surface area contributed by atoms with E-state index in [1.54, 1.807) is 0 Å². The Morgan fingerprint density at radius 3 is 2.67 bits per heavy atom. The minimum Gasteiger partial charge on any atom is -0.481 e. The van der Waals surface area contributed by atoms with Gasteiger partial charge in [0.15, 0.2) is 6.19 Å². The normalized spacial score (nSPS) is 11.3. The molecule has 1 amide bonds. The van der Waals surface area contributed by atoms with Crippen molar-refractivity contribution < 1.29 is 14.7 Å². The zero-order chi connectivity index (χ0) is 9.56. The van der Waals surface area contributed by atoms with E-state index in [1.165, 1.54) is 6.19 Å². The topological polar surface area (TPSA) is 116 Å². The van der Waals surface area contributed by atoms with Crippen LogP contribution >= 0.6 is 0 Å². The molecule has 1 atom stereocenters. The minimum atomic E-state index is -1.02. The number of nitrogens with zero attached hydrogens (tertiary/aromatic N) is 1. The first-order chi connectivity index (χ1) is 5.57. The summed E-state index contributed by atoms with van der Waals surface area (Å²) >= 11 is 0.